The maximum absolute atomic E-state index is 4.32. The van der Waals surface area contributed by atoms with Crippen molar-refractivity contribution in [2.75, 3.05) is 0 Å². The molecule has 0 aliphatic heterocycles. The molecule has 0 saturated heterocycles. The van der Waals surface area contributed by atoms with E-state index in [2.05, 4.69) is 32.3 Å². The second kappa shape index (κ2) is 4.31. The minimum absolute atomic E-state index is 0.900. The molecule has 0 unspecified atom stereocenters. The smallest absolute Gasteiger partial charge is 0.137 e. The Morgan fingerprint density at radius 3 is 2.80 bits per heavy atom. The van der Waals surface area contributed by atoms with Gasteiger partial charge in [-0.15, -0.1) is 10.2 Å². The Labute approximate surface area is 114 Å². The lowest BCUT2D eigenvalue weighted by Crippen LogP contribution is -1.90. The van der Waals surface area contributed by atoms with Crippen molar-refractivity contribution >= 4 is 11.0 Å². The number of fused-ring (bicyclic) bond motifs is 1. The highest BCUT2D eigenvalue weighted by Crippen LogP contribution is 2.28. The zero-order chi connectivity index (χ0) is 13.4. The van der Waals surface area contributed by atoms with Crippen LogP contribution < -0.4 is 0 Å². The maximum atomic E-state index is 4.32. The highest BCUT2D eigenvalue weighted by Gasteiger charge is 2.06. The number of rotatable bonds is 2. The van der Waals surface area contributed by atoms with Gasteiger partial charge < -0.3 is 4.98 Å². The second-order valence-electron chi connectivity index (χ2n) is 4.52. The number of aromatic nitrogens is 5. The molecule has 1 aromatic carbocycles. The second-order valence-corrected chi connectivity index (χ2v) is 4.52. The summed E-state index contributed by atoms with van der Waals surface area (Å²) < 4.78 is 1.89. The van der Waals surface area contributed by atoms with E-state index in [1.165, 1.54) is 0 Å². The Kier molecular flexibility index (Phi) is 2.35. The minimum Gasteiger partial charge on any atom is -0.346 e. The van der Waals surface area contributed by atoms with Crippen LogP contribution in [0.5, 0.6) is 0 Å². The Bertz CT molecular complexity index is 861. The fourth-order valence-corrected chi connectivity index (χ4v) is 2.38. The third-order valence-electron chi connectivity index (χ3n) is 3.33. The molecule has 5 nitrogen and oxygen atoms in total. The normalized spacial score (nSPS) is 11.0. The molecule has 0 aliphatic rings. The molecule has 0 spiro atoms. The monoisotopic (exact) mass is 261 g/mol. The third-order valence-corrected chi connectivity index (χ3v) is 3.33. The van der Waals surface area contributed by atoms with Crippen molar-refractivity contribution in [1.29, 1.82) is 0 Å². The molecule has 0 radical (unpaired) electrons. The van der Waals surface area contributed by atoms with Gasteiger partial charge in [-0.05, 0) is 35.4 Å². The Morgan fingerprint density at radius 1 is 1.00 bits per heavy atom. The van der Waals surface area contributed by atoms with Gasteiger partial charge in [0.2, 0.25) is 0 Å². The lowest BCUT2D eigenvalue weighted by molar-refractivity contribution is 1.06. The summed E-state index contributed by atoms with van der Waals surface area (Å²) in [4.78, 5) is 7.45. The van der Waals surface area contributed by atoms with Crippen LogP contribution in [0, 0.1) is 0 Å². The Hall–Kier alpha value is -2.95. The lowest BCUT2D eigenvalue weighted by Gasteiger charge is -2.06. The molecule has 3 aromatic heterocycles. The largest absolute Gasteiger partial charge is 0.346 e. The maximum Gasteiger partial charge on any atom is 0.137 e. The number of H-pyrrole nitrogens is 1. The van der Waals surface area contributed by atoms with Gasteiger partial charge in [-0.2, -0.15) is 0 Å². The molecule has 5 heteroatoms. The van der Waals surface area contributed by atoms with Crippen LogP contribution in [-0.4, -0.2) is 24.7 Å². The molecule has 1 N–H and O–H groups in total. The van der Waals surface area contributed by atoms with Gasteiger partial charge in [0.15, 0.2) is 0 Å². The number of hydrogen-bond donors (Lipinski definition) is 1. The van der Waals surface area contributed by atoms with Gasteiger partial charge >= 0.3 is 0 Å². The molecule has 0 amide bonds. The van der Waals surface area contributed by atoms with Crippen LogP contribution in [0.15, 0.2) is 61.4 Å². The van der Waals surface area contributed by atoms with E-state index >= 15 is 0 Å². The number of pyridine rings is 1. The van der Waals surface area contributed by atoms with Crippen molar-refractivity contribution in [3.05, 3.63) is 61.4 Å². The lowest BCUT2D eigenvalue weighted by atomic mass is 10.0. The van der Waals surface area contributed by atoms with Crippen LogP contribution in [0.25, 0.3) is 27.8 Å². The molecule has 96 valence electrons. The summed E-state index contributed by atoms with van der Waals surface area (Å²) in [5.41, 5.74) is 4.24. The van der Waals surface area contributed by atoms with Crippen LogP contribution in [-0.2, 0) is 0 Å². The Balaban J connectivity index is 1.91. The number of nitrogens with one attached hydrogen (secondary N) is 1. The summed E-state index contributed by atoms with van der Waals surface area (Å²) in [6, 6.07) is 12.3. The van der Waals surface area contributed by atoms with Crippen molar-refractivity contribution in [3.63, 3.8) is 0 Å². The molecule has 4 rings (SSSR count). The summed E-state index contributed by atoms with van der Waals surface area (Å²) in [5.74, 6) is 0. The molecule has 0 atom stereocenters. The van der Waals surface area contributed by atoms with E-state index in [1.807, 2.05) is 41.2 Å². The van der Waals surface area contributed by atoms with E-state index in [1.54, 1.807) is 12.7 Å². The molecule has 4 aromatic rings. The summed E-state index contributed by atoms with van der Waals surface area (Å²) >= 11 is 0. The first-order chi connectivity index (χ1) is 9.92. The van der Waals surface area contributed by atoms with Crippen molar-refractivity contribution in [2.24, 2.45) is 0 Å². The minimum atomic E-state index is 0.900. The first kappa shape index (κ1) is 10.9. The quantitative estimate of drug-likeness (QED) is 0.603. The van der Waals surface area contributed by atoms with Gasteiger partial charge in [-0.1, -0.05) is 12.1 Å². The van der Waals surface area contributed by atoms with Crippen molar-refractivity contribution in [1.82, 2.24) is 24.7 Å². The van der Waals surface area contributed by atoms with Gasteiger partial charge in [0.25, 0.3) is 0 Å². The number of aromatic amines is 1. The highest BCUT2D eigenvalue weighted by atomic mass is 15.2. The number of nitrogens with zero attached hydrogens (tertiary/aromatic N) is 4. The van der Waals surface area contributed by atoms with E-state index in [9.17, 15) is 0 Å². The van der Waals surface area contributed by atoms with Crippen LogP contribution in [0.2, 0.25) is 0 Å². The predicted octanol–water partition coefficient (Wildman–Crippen LogP) is 2.81. The van der Waals surface area contributed by atoms with E-state index in [-0.39, 0.29) is 0 Å². The zero-order valence-corrected chi connectivity index (χ0v) is 10.6. The van der Waals surface area contributed by atoms with Crippen molar-refractivity contribution < 1.29 is 0 Å². The van der Waals surface area contributed by atoms with Crippen LogP contribution in [0.1, 0.15) is 0 Å². The molecular formula is C15H11N5. The molecule has 0 aliphatic carbocycles. The van der Waals surface area contributed by atoms with Crippen LogP contribution >= 0.6 is 0 Å². The van der Waals surface area contributed by atoms with Gasteiger partial charge in [0.05, 0.1) is 0 Å². The topological polar surface area (TPSA) is 59.4 Å². The molecule has 3 heterocycles. The fraction of sp³-hybridized carbons (Fsp3) is 0. The highest BCUT2D eigenvalue weighted by molar-refractivity contribution is 5.93. The molecular weight excluding hydrogens is 250 g/mol. The number of hydrogen-bond acceptors (Lipinski definition) is 3. The van der Waals surface area contributed by atoms with Crippen LogP contribution in [0.4, 0.5) is 0 Å². The summed E-state index contributed by atoms with van der Waals surface area (Å²) in [7, 11) is 0. The molecule has 0 bridgehead atoms. The number of benzene rings is 1. The molecule has 20 heavy (non-hydrogen) atoms. The van der Waals surface area contributed by atoms with E-state index in [4.69, 9.17) is 0 Å². The summed E-state index contributed by atoms with van der Waals surface area (Å²) in [5, 5.41) is 8.80. The van der Waals surface area contributed by atoms with Crippen molar-refractivity contribution in [3.8, 4) is 16.8 Å². The average molecular weight is 261 g/mol. The zero-order valence-electron chi connectivity index (χ0n) is 10.6. The first-order valence-electron chi connectivity index (χ1n) is 6.29. The SMILES string of the molecule is c1cc(-c2ccnc3[nH]ccc23)cc(-n2cnnc2)c1. The third kappa shape index (κ3) is 1.68. The fourth-order valence-electron chi connectivity index (χ4n) is 2.38. The van der Waals surface area contributed by atoms with Gasteiger partial charge in [-0.3, -0.25) is 4.57 Å². The molecule has 0 saturated carbocycles. The van der Waals surface area contributed by atoms with Gasteiger partial charge in [0, 0.05) is 23.5 Å². The Morgan fingerprint density at radius 2 is 1.90 bits per heavy atom. The van der Waals surface area contributed by atoms with E-state index in [0.717, 1.165) is 27.8 Å². The van der Waals surface area contributed by atoms with Crippen LogP contribution in [0.3, 0.4) is 0 Å². The van der Waals surface area contributed by atoms with Gasteiger partial charge in [0.1, 0.15) is 18.3 Å². The van der Waals surface area contributed by atoms with E-state index < -0.39 is 0 Å². The van der Waals surface area contributed by atoms with Crippen molar-refractivity contribution in [2.45, 2.75) is 0 Å². The predicted molar refractivity (Wildman–Crippen MR) is 76.4 cm³/mol. The molecule has 0 fully saturated rings. The van der Waals surface area contributed by atoms with Gasteiger partial charge in [-0.25, -0.2) is 4.98 Å². The summed E-state index contributed by atoms with van der Waals surface area (Å²) in [6.07, 6.45) is 7.11. The summed E-state index contributed by atoms with van der Waals surface area (Å²) in [6.45, 7) is 0. The standard InChI is InChI=1S/C15H11N5/c1-2-11(8-12(3-1)20-9-18-19-10-20)13-4-6-16-15-14(13)5-7-17-15/h1-10H,(H,16,17). The average Bonchev–Trinajstić information content (AvgIpc) is 3.18. The van der Waals surface area contributed by atoms with E-state index in [0.29, 0.717) is 0 Å². The first-order valence-corrected chi connectivity index (χ1v) is 6.29.